The first kappa shape index (κ1) is 26.6. The number of ether oxygens (including phenoxy) is 2. The summed E-state index contributed by atoms with van der Waals surface area (Å²) in [4.78, 5) is 4.42. The fourth-order valence-electron chi connectivity index (χ4n) is 3.19. The monoisotopic (exact) mass is 562 g/mol. The summed E-state index contributed by atoms with van der Waals surface area (Å²) in [6.07, 6.45) is 2.78. The van der Waals surface area contributed by atoms with E-state index in [2.05, 4.69) is 20.4 Å². The van der Waals surface area contributed by atoms with Crippen molar-refractivity contribution in [2.24, 2.45) is 4.99 Å². The van der Waals surface area contributed by atoms with Gasteiger partial charge in [-0.2, -0.15) is 13.1 Å². The van der Waals surface area contributed by atoms with E-state index in [-0.39, 0.29) is 42.3 Å². The molecule has 172 valence electrons. The zero-order valence-corrected chi connectivity index (χ0v) is 20.4. The number of hydrogen-bond acceptors (Lipinski definition) is 5. The smallest absolute Gasteiger partial charge is 0.387 e. The molecule has 30 heavy (non-hydrogen) atoms. The highest BCUT2D eigenvalue weighted by Gasteiger charge is 2.31. The fraction of sp³-hybridized carbons (Fsp3) is 0.611. The Kier molecular flexibility index (Phi) is 11.0. The van der Waals surface area contributed by atoms with Crippen LogP contribution in [0.3, 0.4) is 0 Å². The van der Waals surface area contributed by atoms with Gasteiger partial charge in [-0.05, 0) is 38.0 Å². The lowest BCUT2D eigenvalue weighted by Gasteiger charge is -2.23. The molecule has 12 heteroatoms. The largest absolute Gasteiger partial charge is 0.497 e. The molecule has 1 heterocycles. The third kappa shape index (κ3) is 8.02. The van der Waals surface area contributed by atoms with E-state index < -0.39 is 16.6 Å². The number of aliphatic imine (C=N–C) groups is 1. The number of methoxy groups -OCH3 is 1. The molecule has 0 spiro atoms. The number of guanidine groups is 1. The molecular weight excluding hydrogens is 533 g/mol. The molecule has 2 rings (SSSR count). The third-order valence-corrected chi connectivity index (χ3v) is 5.82. The van der Waals surface area contributed by atoms with Gasteiger partial charge >= 0.3 is 6.61 Å². The maximum absolute atomic E-state index is 12.7. The lowest BCUT2D eigenvalue weighted by Crippen LogP contribution is -2.46. The number of rotatable bonds is 9. The molecule has 0 unspecified atom stereocenters. The molecule has 1 saturated heterocycles. The number of hydrogen-bond donors (Lipinski definition) is 2. The lowest BCUT2D eigenvalue weighted by atomic mass is 10.2. The Labute approximate surface area is 193 Å². The molecule has 0 radical (unpaired) electrons. The molecule has 0 aromatic heterocycles. The second-order valence-electron chi connectivity index (χ2n) is 6.60. The van der Waals surface area contributed by atoms with Crippen LogP contribution in [0, 0.1) is 0 Å². The van der Waals surface area contributed by atoms with Crippen molar-refractivity contribution in [3.05, 3.63) is 23.8 Å². The minimum absolute atomic E-state index is 0. The molecule has 0 bridgehead atoms. The van der Waals surface area contributed by atoms with Crippen LogP contribution >= 0.6 is 24.0 Å². The van der Waals surface area contributed by atoms with Crippen molar-refractivity contribution in [1.82, 2.24) is 14.9 Å². The van der Waals surface area contributed by atoms with Crippen molar-refractivity contribution < 1.29 is 26.7 Å². The first-order chi connectivity index (χ1) is 13.7. The van der Waals surface area contributed by atoms with Gasteiger partial charge in [0.05, 0.1) is 19.9 Å². The Morgan fingerprint density at radius 1 is 1.37 bits per heavy atom. The Bertz CT molecular complexity index is 811. The van der Waals surface area contributed by atoms with Crippen LogP contribution < -0.4 is 20.1 Å². The van der Waals surface area contributed by atoms with Crippen molar-refractivity contribution in [2.45, 2.75) is 39.0 Å². The summed E-state index contributed by atoms with van der Waals surface area (Å²) in [7, 11) is -1.78. The minimum Gasteiger partial charge on any atom is -0.497 e. The SMILES string of the molecule is CCNC(=NCc1cc(OC)ccc1OC(F)F)NC[C@H]1CCCN1S(C)(=O)=O.I. The molecule has 1 fully saturated rings. The molecule has 8 nitrogen and oxygen atoms in total. The Balaban J connectivity index is 0.00000450. The molecule has 1 aliphatic rings. The van der Waals surface area contributed by atoms with Crippen LogP contribution in [0.2, 0.25) is 0 Å². The average molecular weight is 562 g/mol. The van der Waals surface area contributed by atoms with E-state index in [0.29, 0.717) is 36.9 Å². The maximum Gasteiger partial charge on any atom is 0.387 e. The molecule has 1 aromatic carbocycles. The van der Waals surface area contributed by atoms with Gasteiger partial charge in [0.1, 0.15) is 11.5 Å². The molecule has 0 saturated carbocycles. The number of sulfonamides is 1. The molecule has 0 aliphatic carbocycles. The van der Waals surface area contributed by atoms with Gasteiger partial charge in [0.15, 0.2) is 5.96 Å². The first-order valence-corrected chi connectivity index (χ1v) is 11.2. The van der Waals surface area contributed by atoms with Crippen molar-refractivity contribution in [2.75, 3.05) is 33.0 Å². The summed E-state index contributed by atoms with van der Waals surface area (Å²) in [6, 6.07) is 4.39. The van der Waals surface area contributed by atoms with Gasteiger partial charge in [0, 0.05) is 31.2 Å². The predicted octanol–water partition coefficient (Wildman–Crippen LogP) is 2.39. The standard InChI is InChI=1S/C18H28F2N4O4S.HI/c1-4-21-18(23-12-14-6-5-9-24(14)29(3,25)26)22-11-13-10-15(27-2)7-8-16(13)28-17(19)20;/h7-8,10,14,17H,4-6,9,11-12H2,1-3H3,(H2,21,22,23);1H/t14-;/m1./s1. The molecule has 1 aliphatic heterocycles. The van der Waals surface area contributed by atoms with Gasteiger partial charge in [-0.1, -0.05) is 0 Å². The van der Waals surface area contributed by atoms with Crippen molar-refractivity contribution in [3.63, 3.8) is 0 Å². The van der Waals surface area contributed by atoms with Crippen molar-refractivity contribution in [3.8, 4) is 11.5 Å². The molecule has 1 aromatic rings. The quantitative estimate of drug-likeness (QED) is 0.273. The third-order valence-electron chi connectivity index (χ3n) is 4.49. The molecule has 1 atom stereocenters. The summed E-state index contributed by atoms with van der Waals surface area (Å²) < 4.78 is 60.3. The summed E-state index contributed by atoms with van der Waals surface area (Å²) in [6.45, 7) is 0.530. The highest BCUT2D eigenvalue weighted by Crippen LogP contribution is 2.26. The summed E-state index contributed by atoms with van der Waals surface area (Å²) in [5.41, 5.74) is 0.445. The van der Waals surface area contributed by atoms with Gasteiger partial charge in [0.25, 0.3) is 0 Å². The van der Waals surface area contributed by atoms with E-state index in [1.165, 1.54) is 29.8 Å². The van der Waals surface area contributed by atoms with Crippen LogP contribution in [0.5, 0.6) is 11.5 Å². The Hall–Kier alpha value is -1.41. The van der Waals surface area contributed by atoms with Gasteiger partial charge in [-0.15, -0.1) is 24.0 Å². The van der Waals surface area contributed by atoms with Crippen molar-refractivity contribution >= 4 is 40.0 Å². The van der Waals surface area contributed by atoms with Crippen LogP contribution in [-0.4, -0.2) is 64.3 Å². The van der Waals surface area contributed by atoms with Gasteiger partial charge in [-0.25, -0.2) is 13.4 Å². The molecule has 2 N–H and O–H groups in total. The number of halogens is 3. The van der Waals surface area contributed by atoms with Crippen molar-refractivity contribution in [1.29, 1.82) is 0 Å². The van der Waals surface area contributed by atoms with Crippen LogP contribution in [0.1, 0.15) is 25.3 Å². The summed E-state index contributed by atoms with van der Waals surface area (Å²) in [5, 5.41) is 6.21. The molecule has 0 amide bonds. The van der Waals surface area contributed by atoms with E-state index in [1.54, 1.807) is 6.07 Å². The molecular formula is C18H29F2IN4O4S. The van der Waals surface area contributed by atoms with Crippen LogP contribution in [-0.2, 0) is 16.6 Å². The summed E-state index contributed by atoms with van der Waals surface area (Å²) >= 11 is 0. The highest BCUT2D eigenvalue weighted by atomic mass is 127. The summed E-state index contributed by atoms with van der Waals surface area (Å²) in [5.74, 6) is 0.989. The Morgan fingerprint density at radius 3 is 2.70 bits per heavy atom. The zero-order chi connectivity index (χ0) is 21.4. The zero-order valence-electron chi connectivity index (χ0n) is 17.2. The average Bonchev–Trinajstić information content (AvgIpc) is 3.13. The minimum atomic E-state index is -3.26. The van der Waals surface area contributed by atoms with E-state index in [9.17, 15) is 17.2 Å². The fourth-order valence-corrected chi connectivity index (χ4v) is 4.37. The van der Waals surface area contributed by atoms with Crippen LogP contribution in [0.15, 0.2) is 23.2 Å². The number of benzene rings is 1. The second-order valence-corrected chi connectivity index (χ2v) is 8.53. The first-order valence-electron chi connectivity index (χ1n) is 9.35. The number of alkyl halides is 2. The number of nitrogens with one attached hydrogen (secondary N) is 2. The normalized spacial score (nSPS) is 17.5. The van der Waals surface area contributed by atoms with E-state index in [1.807, 2.05) is 6.92 Å². The topological polar surface area (TPSA) is 92.3 Å². The van der Waals surface area contributed by atoms with E-state index in [4.69, 9.17) is 4.74 Å². The van der Waals surface area contributed by atoms with Crippen LogP contribution in [0.4, 0.5) is 8.78 Å². The number of nitrogens with zero attached hydrogens (tertiary/aromatic N) is 2. The van der Waals surface area contributed by atoms with Crippen LogP contribution in [0.25, 0.3) is 0 Å². The maximum atomic E-state index is 12.7. The highest BCUT2D eigenvalue weighted by molar-refractivity contribution is 14.0. The lowest BCUT2D eigenvalue weighted by molar-refractivity contribution is -0.0504. The predicted molar refractivity (Wildman–Crippen MR) is 122 cm³/mol. The van der Waals surface area contributed by atoms with E-state index in [0.717, 1.165) is 12.8 Å². The van der Waals surface area contributed by atoms with E-state index >= 15 is 0 Å². The Morgan fingerprint density at radius 2 is 2.10 bits per heavy atom. The van der Waals surface area contributed by atoms with Gasteiger partial charge < -0.3 is 20.1 Å². The van der Waals surface area contributed by atoms with Gasteiger partial charge in [0.2, 0.25) is 10.0 Å². The van der Waals surface area contributed by atoms with Gasteiger partial charge in [-0.3, -0.25) is 0 Å². The second kappa shape index (κ2) is 12.4.